The number of carbonyl (C=O) groups excluding carboxylic acids is 1. The van der Waals surface area contributed by atoms with Crippen LogP contribution in [0.3, 0.4) is 0 Å². The van der Waals surface area contributed by atoms with Crippen LogP contribution in [0.15, 0.2) is 16.7 Å². The molecule has 0 aliphatic carbocycles. The highest BCUT2D eigenvalue weighted by Gasteiger charge is 2.30. The first-order valence-corrected chi connectivity index (χ1v) is 7.63. The zero-order chi connectivity index (χ0) is 14.8. The van der Waals surface area contributed by atoms with Gasteiger partial charge in [-0.1, -0.05) is 0 Å². The first-order valence-electron chi connectivity index (χ1n) is 6.84. The molecular formula is C14H20BrN3O2. The van der Waals surface area contributed by atoms with Crippen LogP contribution < -0.4 is 5.32 Å². The maximum atomic E-state index is 12.6. The van der Waals surface area contributed by atoms with Crippen molar-refractivity contribution in [3.05, 3.63) is 22.3 Å². The fourth-order valence-electron chi connectivity index (χ4n) is 2.27. The van der Waals surface area contributed by atoms with Gasteiger partial charge >= 0.3 is 0 Å². The molecule has 0 atom stereocenters. The second-order valence-electron chi connectivity index (χ2n) is 5.37. The average molecular weight is 342 g/mol. The number of likely N-dealkylation sites (tertiary alicyclic amines) is 1. The fraction of sp³-hybridized carbons (Fsp3) is 0.571. The van der Waals surface area contributed by atoms with Crippen LogP contribution in [0.2, 0.25) is 0 Å². The largest absolute Gasteiger partial charge is 0.390 e. The van der Waals surface area contributed by atoms with Gasteiger partial charge in [0.2, 0.25) is 0 Å². The van der Waals surface area contributed by atoms with Gasteiger partial charge in [0.05, 0.1) is 11.2 Å². The summed E-state index contributed by atoms with van der Waals surface area (Å²) in [4.78, 5) is 18.6. The Morgan fingerprint density at radius 3 is 2.80 bits per heavy atom. The summed E-state index contributed by atoms with van der Waals surface area (Å²) in [5.74, 6) is 0.572. The van der Waals surface area contributed by atoms with Crippen LogP contribution in [0.25, 0.3) is 0 Å². The minimum Gasteiger partial charge on any atom is -0.390 e. The van der Waals surface area contributed by atoms with E-state index in [1.165, 1.54) is 0 Å². The Morgan fingerprint density at radius 1 is 1.55 bits per heavy atom. The van der Waals surface area contributed by atoms with Crippen molar-refractivity contribution in [2.45, 2.75) is 32.3 Å². The molecule has 0 bridgehead atoms. The summed E-state index contributed by atoms with van der Waals surface area (Å²) in [6, 6.07) is 1.79. The summed E-state index contributed by atoms with van der Waals surface area (Å²) in [6.45, 7) is 5.65. The van der Waals surface area contributed by atoms with E-state index in [9.17, 15) is 9.90 Å². The third kappa shape index (κ3) is 3.49. The number of amides is 1. The van der Waals surface area contributed by atoms with Gasteiger partial charge in [-0.05, 0) is 48.7 Å². The molecule has 2 N–H and O–H groups in total. The molecule has 1 saturated heterocycles. The number of rotatable bonds is 3. The van der Waals surface area contributed by atoms with Crippen LogP contribution >= 0.6 is 15.9 Å². The molecule has 0 aromatic carbocycles. The van der Waals surface area contributed by atoms with Gasteiger partial charge in [-0.2, -0.15) is 0 Å². The van der Waals surface area contributed by atoms with E-state index in [0.717, 1.165) is 4.47 Å². The summed E-state index contributed by atoms with van der Waals surface area (Å²) in [6.07, 6.45) is 2.89. The summed E-state index contributed by atoms with van der Waals surface area (Å²) < 4.78 is 0.784. The summed E-state index contributed by atoms with van der Waals surface area (Å²) in [5, 5.41) is 13.1. The number of aromatic nitrogens is 1. The Bertz CT molecular complexity index is 495. The quantitative estimate of drug-likeness (QED) is 0.884. The lowest BCUT2D eigenvalue weighted by molar-refractivity contribution is -0.00200. The Hall–Kier alpha value is -1.14. The third-order valence-electron chi connectivity index (χ3n) is 3.56. The summed E-state index contributed by atoms with van der Waals surface area (Å²) in [5.41, 5.74) is -0.0839. The molecule has 5 nitrogen and oxygen atoms in total. The Labute approximate surface area is 127 Å². The molecule has 0 saturated carbocycles. The lowest BCUT2D eigenvalue weighted by Gasteiger charge is -2.36. The molecule has 6 heteroatoms. The van der Waals surface area contributed by atoms with Crippen LogP contribution in [0.1, 0.15) is 37.0 Å². The van der Waals surface area contributed by atoms with Crippen molar-refractivity contribution in [1.82, 2.24) is 9.88 Å². The van der Waals surface area contributed by atoms with Gasteiger partial charge < -0.3 is 15.3 Å². The van der Waals surface area contributed by atoms with Crippen molar-refractivity contribution < 1.29 is 9.90 Å². The van der Waals surface area contributed by atoms with E-state index in [-0.39, 0.29) is 5.91 Å². The van der Waals surface area contributed by atoms with Crippen LogP contribution in [0.4, 0.5) is 5.82 Å². The minimum atomic E-state index is -0.656. The predicted molar refractivity (Wildman–Crippen MR) is 81.9 cm³/mol. The molecule has 0 unspecified atom stereocenters. The second kappa shape index (κ2) is 6.10. The molecule has 1 aliphatic heterocycles. The molecule has 1 aromatic heterocycles. The van der Waals surface area contributed by atoms with E-state index >= 15 is 0 Å². The van der Waals surface area contributed by atoms with E-state index in [2.05, 4.69) is 26.2 Å². The number of pyridine rings is 1. The molecule has 20 heavy (non-hydrogen) atoms. The number of halogens is 1. The SMILES string of the molecule is CCNc1ncc(Br)cc1C(=O)N1CCC(C)(O)CC1. The maximum absolute atomic E-state index is 12.6. The number of aliphatic hydroxyl groups is 1. The molecule has 110 valence electrons. The highest BCUT2D eigenvalue weighted by molar-refractivity contribution is 9.10. The number of hydrogen-bond donors (Lipinski definition) is 2. The maximum Gasteiger partial charge on any atom is 0.257 e. The first-order chi connectivity index (χ1) is 9.43. The number of nitrogens with zero attached hydrogens (tertiary/aromatic N) is 2. The van der Waals surface area contributed by atoms with Gasteiger partial charge in [0, 0.05) is 30.3 Å². The molecule has 2 rings (SSSR count). The molecule has 1 amide bonds. The second-order valence-corrected chi connectivity index (χ2v) is 6.28. The molecule has 0 radical (unpaired) electrons. The van der Waals surface area contributed by atoms with Crippen molar-refractivity contribution in [2.75, 3.05) is 25.0 Å². The molecular weight excluding hydrogens is 322 g/mol. The molecule has 1 aromatic rings. The van der Waals surface area contributed by atoms with Crippen molar-refractivity contribution in [3.8, 4) is 0 Å². The smallest absolute Gasteiger partial charge is 0.257 e. The molecule has 1 fully saturated rings. The van der Waals surface area contributed by atoms with Crippen LogP contribution in [-0.4, -0.2) is 46.1 Å². The zero-order valence-electron chi connectivity index (χ0n) is 11.8. The first kappa shape index (κ1) is 15.3. The van der Waals surface area contributed by atoms with Crippen molar-refractivity contribution in [2.24, 2.45) is 0 Å². The standard InChI is InChI=1S/C14H20BrN3O2/c1-3-16-12-11(8-10(15)9-17-12)13(19)18-6-4-14(2,20)5-7-18/h8-9,20H,3-7H2,1-2H3,(H,16,17). The number of nitrogens with one attached hydrogen (secondary N) is 1. The van der Waals surface area contributed by atoms with E-state index in [1.54, 1.807) is 17.2 Å². The highest BCUT2D eigenvalue weighted by Crippen LogP contribution is 2.25. The van der Waals surface area contributed by atoms with Crippen molar-refractivity contribution in [1.29, 1.82) is 0 Å². The normalized spacial score (nSPS) is 17.9. The number of carbonyl (C=O) groups is 1. The molecule has 1 aliphatic rings. The molecule has 2 heterocycles. The fourth-order valence-corrected chi connectivity index (χ4v) is 2.60. The van der Waals surface area contributed by atoms with Crippen LogP contribution in [0.5, 0.6) is 0 Å². The average Bonchev–Trinajstić information content (AvgIpc) is 2.40. The lowest BCUT2D eigenvalue weighted by Crippen LogP contribution is -2.45. The van der Waals surface area contributed by atoms with Crippen LogP contribution in [-0.2, 0) is 0 Å². The van der Waals surface area contributed by atoms with E-state index in [4.69, 9.17) is 0 Å². The van der Waals surface area contributed by atoms with E-state index < -0.39 is 5.60 Å². The molecule has 0 spiro atoms. The zero-order valence-corrected chi connectivity index (χ0v) is 13.4. The number of hydrogen-bond acceptors (Lipinski definition) is 4. The van der Waals surface area contributed by atoms with E-state index in [0.29, 0.717) is 43.9 Å². The highest BCUT2D eigenvalue weighted by atomic mass is 79.9. The van der Waals surface area contributed by atoms with Gasteiger partial charge in [-0.15, -0.1) is 0 Å². The van der Waals surface area contributed by atoms with Gasteiger partial charge in [-0.3, -0.25) is 4.79 Å². The predicted octanol–water partition coefficient (Wildman–Crippen LogP) is 2.26. The summed E-state index contributed by atoms with van der Waals surface area (Å²) >= 11 is 3.36. The Morgan fingerprint density at radius 2 is 2.20 bits per heavy atom. The topological polar surface area (TPSA) is 65.5 Å². The third-order valence-corrected chi connectivity index (χ3v) is 3.99. The van der Waals surface area contributed by atoms with Gasteiger partial charge in [0.1, 0.15) is 5.82 Å². The lowest BCUT2D eigenvalue weighted by atomic mass is 9.93. The van der Waals surface area contributed by atoms with Gasteiger partial charge in [0.15, 0.2) is 0 Å². The monoisotopic (exact) mass is 341 g/mol. The van der Waals surface area contributed by atoms with E-state index in [1.807, 2.05) is 13.8 Å². The number of anilines is 1. The van der Waals surface area contributed by atoms with Crippen molar-refractivity contribution in [3.63, 3.8) is 0 Å². The van der Waals surface area contributed by atoms with Gasteiger partial charge in [0.25, 0.3) is 5.91 Å². The minimum absolute atomic E-state index is 0.0368. The number of piperidine rings is 1. The van der Waals surface area contributed by atoms with Crippen LogP contribution in [0, 0.1) is 0 Å². The summed E-state index contributed by atoms with van der Waals surface area (Å²) in [7, 11) is 0. The van der Waals surface area contributed by atoms with Crippen molar-refractivity contribution >= 4 is 27.7 Å². The van der Waals surface area contributed by atoms with Gasteiger partial charge in [-0.25, -0.2) is 4.98 Å². The Balaban J connectivity index is 2.18. The Kier molecular flexibility index (Phi) is 4.65.